The summed E-state index contributed by atoms with van der Waals surface area (Å²) in [6, 6.07) is 6.63. The molecule has 0 atom stereocenters. The van der Waals surface area contributed by atoms with Gasteiger partial charge in [0, 0.05) is 20.4 Å². The summed E-state index contributed by atoms with van der Waals surface area (Å²) in [6.45, 7) is 0.664. The summed E-state index contributed by atoms with van der Waals surface area (Å²) in [7, 11) is 0. The van der Waals surface area contributed by atoms with E-state index in [1.54, 1.807) is 17.4 Å². The highest BCUT2D eigenvalue weighted by Crippen LogP contribution is 2.33. The second kappa shape index (κ2) is 5.82. The van der Waals surface area contributed by atoms with E-state index in [0.717, 1.165) is 18.4 Å². The average molecular weight is 444 g/mol. The zero-order valence-corrected chi connectivity index (χ0v) is 14.0. The van der Waals surface area contributed by atoms with E-state index in [2.05, 4.69) is 53.1 Å². The van der Waals surface area contributed by atoms with Gasteiger partial charge < -0.3 is 5.32 Å². The van der Waals surface area contributed by atoms with Crippen molar-refractivity contribution in [3.05, 3.63) is 47.7 Å². The van der Waals surface area contributed by atoms with Gasteiger partial charge in [0.05, 0.1) is 9.47 Å². The predicted octanol–water partition coefficient (Wildman–Crippen LogP) is 5.79. The van der Waals surface area contributed by atoms with Crippen LogP contribution in [0.3, 0.4) is 0 Å². The standard InChI is InChI=1S/C11H7Br3FNS/c12-8-2-1-6(15)3-10(8)16-5-7-4-9(13)11(14)17-7/h1-4,16H,5H2. The lowest BCUT2D eigenvalue weighted by Gasteiger charge is -2.07. The van der Waals surface area contributed by atoms with Crippen LogP contribution in [0.2, 0.25) is 0 Å². The molecule has 0 radical (unpaired) electrons. The molecule has 0 saturated heterocycles. The molecule has 17 heavy (non-hydrogen) atoms. The Morgan fingerprint density at radius 2 is 1.88 bits per heavy atom. The summed E-state index contributed by atoms with van der Waals surface area (Å²) in [5.41, 5.74) is 0.755. The normalized spacial score (nSPS) is 10.6. The molecule has 0 fully saturated rings. The van der Waals surface area contributed by atoms with Gasteiger partial charge in [-0.2, -0.15) is 0 Å². The molecule has 0 unspecified atom stereocenters. The van der Waals surface area contributed by atoms with Crippen molar-refractivity contribution in [3.63, 3.8) is 0 Å². The van der Waals surface area contributed by atoms with Crippen molar-refractivity contribution in [3.8, 4) is 0 Å². The highest BCUT2D eigenvalue weighted by Gasteiger charge is 2.05. The van der Waals surface area contributed by atoms with Crippen LogP contribution in [0.15, 0.2) is 37.0 Å². The first-order valence-corrected chi connectivity index (χ1v) is 7.88. The van der Waals surface area contributed by atoms with E-state index in [9.17, 15) is 4.39 Å². The average Bonchev–Trinajstić information content (AvgIpc) is 2.60. The maximum Gasteiger partial charge on any atom is 0.125 e. The van der Waals surface area contributed by atoms with Crippen LogP contribution in [0, 0.1) is 5.82 Å². The Bertz CT molecular complexity index is 522. The molecule has 0 saturated carbocycles. The number of thiophene rings is 1. The lowest BCUT2D eigenvalue weighted by Crippen LogP contribution is -1.98. The van der Waals surface area contributed by atoms with E-state index < -0.39 is 0 Å². The Morgan fingerprint density at radius 1 is 1.12 bits per heavy atom. The molecule has 2 aromatic rings. The zero-order chi connectivity index (χ0) is 12.4. The van der Waals surface area contributed by atoms with Crippen molar-refractivity contribution in [2.75, 3.05) is 5.32 Å². The molecule has 0 aliphatic carbocycles. The fraction of sp³-hybridized carbons (Fsp3) is 0.0909. The van der Waals surface area contributed by atoms with Gasteiger partial charge in [0.2, 0.25) is 0 Å². The van der Waals surface area contributed by atoms with Gasteiger partial charge >= 0.3 is 0 Å². The summed E-state index contributed by atoms with van der Waals surface area (Å²) < 4.78 is 16.0. The van der Waals surface area contributed by atoms with Crippen LogP contribution in [0.25, 0.3) is 0 Å². The van der Waals surface area contributed by atoms with Crippen molar-refractivity contribution in [1.29, 1.82) is 0 Å². The monoisotopic (exact) mass is 441 g/mol. The summed E-state index contributed by atoms with van der Waals surface area (Å²) in [4.78, 5) is 1.17. The first-order chi connectivity index (χ1) is 8.06. The summed E-state index contributed by atoms with van der Waals surface area (Å²) in [6.07, 6.45) is 0. The minimum Gasteiger partial charge on any atom is -0.379 e. The number of nitrogens with one attached hydrogen (secondary N) is 1. The summed E-state index contributed by atoms with van der Waals surface area (Å²) in [5.74, 6) is -0.246. The fourth-order valence-corrected chi connectivity index (χ4v) is 3.80. The van der Waals surface area contributed by atoms with Gasteiger partial charge in [-0.3, -0.25) is 0 Å². The lowest BCUT2D eigenvalue weighted by molar-refractivity contribution is 0.628. The minimum atomic E-state index is -0.246. The molecule has 0 spiro atoms. The van der Waals surface area contributed by atoms with Gasteiger partial charge in [-0.1, -0.05) is 0 Å². The van der Waals surface area contributed by atoms with Crippen LogP contribution in [0.5, 0.6) is 0 Å². The first kappa shape index (κ1) is 13.5. The molecule has 0 amide bonds. The van der Waals surface area contributed by atoms with E-state index in [4.69, 9.17) is 0 Å². The number of halogens is 4. The lowest BCUT2D eigenvalue weighted by atomic mass is 10.3. The molecular weight excluding hydrogens is 437 g/mol. The maximum atomic E-state index is 13.1. The molecule has 90 valence electrons. The smallest absolute Gasteiger partial charge is 0.125 e. The second-order valence-corrected chi connectivity index (χ2v) is 7.48. The van der Waals surface area contributed by atoms with Gasteiger partial charge in [-0.15, -0.1) is 11.3 Å². The van der Waals surface area contributed by atoms with E-state index in [1.165, 1.54) is 17.0 Å². The third-order valence-corrected chi connectivity index (χ3v) is 6.03. The van der Waals surface area contributed by atoms with Gasteiger partial charge in [0.15, 0.2) is 0 Å². The van der Waals surface area contributed by atoms with Crippen molar-refractivity contribution in [2.45, 2.75) is 6.54 Å². The van der Waals surface area contributed by atoms with Crippen LogP contribution in [-0.4, -0.2) is 0 Å². The molecule has 1 heterocycles. The molecule has 1 aromatic carbocycles. The summed E-state index contributed by atoms with van der Waals surface area (Å²) >= 11 is 11.9. The maximum absolute atomic E-state index is 13.1. The van der Waals surface area contributed by atoms with Crippen LogP contribution in [-0.2, 0) is 6.54 Å². The quantitative estimate of drug-likeness (QED) is 0.633. The molecule has 1 nitrogen and oxygen atoms in total. The molecule has 0 aliphatic heterocycles. The van der Waals surface area contributed by atoms with E-state index in [-0.39, 0.29) is 5.82 Å². The van der Waals surface area contributed by atoms with Crippen LogP contribution in [0.4, 0.5) is 10.1 Å². The molecule has 2 rings (SSSR count). The van der Waals surface area contributed by atoms with Gasteiger partial charge in [-0.05, 0) is 72.1 Å². The Labute approximate surface area is 128 Å². The molecular formula is C11H7Br3FNS. The molecule has 0 aliphatic rings. The highest BCUT2D eigenvalue weighted by molar-refractivity contribution is 9.13. The van der Waals surface area contributed by atoms with Crippen LogP contribution >= 0.6 is 59.1 Å². The molecule has 6 heteroatoms. The third kappa shape index (κ3) is 3.53. The van der Waals surface area contributed by atoms with Crippen LogP contribution in [0.1, 0.15) is 4.88 Å². The van der Waals surface area contributed by atoms with Crippen molar-refractivity contribution in [1.82, 2.24) is 0 Å². The summed E-state index contributed by atoms with van der Waals surface area (Å²) in [5, 5.41) is 3.19. The fourth-order valence-electron chi connectivity index (χ4n) is 1.29. The van der Waals surface area contributed by atoms with Crippen molar-refractivity contribution < 1.29 is 4.39 Å². The van der Waals surface area contributed by atoms with Gasteiger partial charge in [0.1, 0.15) is 5.82 Å². The van der Waals surface area contributed by atoms with Gasteiger partial charge in [-0.25, -0.2) is 4.39 Å². The highest BCUT2D eigenvalue weighted by atomic mass is 79.9. The Balaban J connectivity index is 2.09. The van der Waals surface area contributed by atoms with Crippen LogP contribution < -0.4 is 5.32 Å². The Hall–Kier alpha value is 0.0900. The molecule has 0 bridgehead atoms. The SMILES string of the molecule is Fc1ccc(Br)c(NCc2cc(Br)c(Br)s2)c1. The number of hydrogen-bond acceptors (Lipinski definition) is 2. The number of benzene rings is 1. The number of anilines is 1. The third-order valence-electron chi connectivity index (χ3n) is 2.08. The molecule has 1 N–H and O–H groups in total. The van der Waals surface area contributed by atoms with Gasteiger partial charge in [0.25, 0.3) is 0 Å². The Kier molecular flexibility index (Phi) is 4.63. The zero-order valence-electron chi connectivity index (χ0n) is 8.44. The topological polar surface area (TPSA) is 12.0 Å². The number of hydrogen-bond donors (Lipinski definition) is 1. The minimum absolute atomic E-state index is 0.246. The van der Waals surface area contributed by atoms with E-state index in [1.807, 2.05) is 6.07 Å². The first-order valence-electron chi connectivity index (χ1n) is 4.69. The van der Waals surface area contributed by atoms with Crippen molar-refractivity contribution >= 4 is 64.8 Å². The predicted molar refractivity (Wildman–Crippen MR) is 81.1 cm³/mol. The Morgan fingerprint density at radius 3 is 2.53 bits per heavy atom. The van der Waals surface area contributed by atoms with E-state index in [0.29, 0.717) is 6.54 Å². The van der Waals surface area contributed by atoms with E-state index >= 15 is 0 Å². The molecule has 1 aromatic heterocycles. The largest absolute Gasteiger partial charge is 0.379 e. The second-order valence-electron chi connectivity index (χ2n) is 3.31. The van der Waals surface area contributed by atoms with Crippen molar-refractivity contribution in [2.24, 2.45) is 0 Å². The number of rotatable bonds is 3.